The third kappa shape index (κ3) is 2.44. The van der Waals surface area contributed by atoms with E-state index in [4.69, 9.17) is 0 Å². The Morgan fingerprint density at radius 1 is 0.433 bits per heavy atom. The molecule has 7 rings (SSSR count). The van der Waals surface area contributed by atoms with Crippen LogP contribution in [-0.4, -0.2) is 0 Å². The molecule has 2 heteroatoms. The Labute approximate surface area is 184 Å². The first kappa shape index (κ1) is 16.8. The molecule has 0 aliphatic heterocycles. The summed E-state index contributed by atoms with van der Waals surface area (Å²) in [6.45, 7) is 0. The van der Waals surface area contributed by atoms with Gasteiger partial charge in [-0.2, -0.15) is 22.7 Å². The van der Waals surface area contributed by atoms with Crippen molar-refractivity contribution in [2.75, 3.05) is 0 Å². The van der Waals surface area contributed by atoms with Crippen LogP contribution in [0.2, 0.25) is 0 Å². The number of hydrogen-bond acceptors (Lipinski definition) is 2. The molecule has 0 fully saturated rings. The van der Waals surface area contributed by atoms with E-state index in [1.165, 1.54) is 66.8 Å². The molecule has 0 saturated carbocycles. The molecule has 5 aromatic rings. The lowest BCUT2D eigenvalue weighted by molar-refractivity contribution is 1.24. The first-order valence-electron chi connectivity index (χ1n) is 10.3. The summed E-state index contributed by atoms with van der Waals surface area (Å²) in [6, 6.07) is 23.4. The summed E-state index contributed by atoms with van der Waals surface area (Å²) < 4.78 is 0. The van der Waals surface area contributed by atoms with Crippen molar-refractivity contribution in [3.05, 3.63) is 104 Å². The molecule has 0 nitrogen and oxygen atoms in total. The smallest absolute Gasteiger partial charge is 0.00130 e. The van der Waals surface area contributed by atoms with Crippen LogP contribution < -0.4 is 0 Å². The molecular weight excluding hydrogens is 400 g/mol. The maximum Gasteiger partial charge on any atom is -0.00130 e. The zero-order valence-electron chi connectivity index (χ0n) is 16.3. The van der Waals surface area contributed by atoms with Crippen LogP contribution in [0.3, 0.4) is 0 Å². The van der Waals surface area contributed by atoms with Gasteiger partial charge in [0, 0.05) is 0 Å². The van der Waals surface area contributed by atoms with Crippen molar-refractivity contribution in [1.82, 2.24) is 0 Å². The first-order chi connectivity index (χ1) is 14.8. The summed E-state index contributed by atoms with van der Waals surface area (Å²) in [6.07, 6.45) is 2.08. The van der Waals surface area contributed by atoms with Crippen LogP contribution in [0.25, 0.3) is 44.5 Å². The highest BCUT2D eigenvalue weighted by Crippen LogP contribution is 2.46. The number of hydrogen-bond donors (Lipinski definition) is 0. The SMILES string of the molecule is c1cc(-c2ccc3c(c2)Cc2cc4c(cc2-3)Cc2cc(-c3ccsc3)ccc2-4)cs1. The molecule has 0 atom stereocenters. The molecule has 0 N–H and O–H groups in total. The second kappa shape index (κ2) is 6.28. The van der Waals surface area contributed by atoms with Crippen LogP contribution in [-0.2, 0) is 12.8 Å². The van der Waals surface area contributed by atoms with E-state index in [2.05, 4.69) is 82.2 Å². The van der Waals surface area contributed by atoms with Gasteiger partial charge in [0.2, 0.25) is 0 Å². The average molecular weight is 419 g/mol. The minimum atomic E-state index is 1.04. The predicted molar refractivity (Wildman–Crippen MR) is 130 cm³/mol. The van der Waals surface area contributed by atoms with E-state index in [0.717, 1.165) is 12.8 Å². The summed E-state index contributed by atoms with van der Waals surface area (Å²) in [5, 5.41) is 8.78. The van der Waals surface area contributed by atoms with Gasteiger partial charge >= 0.3 is 0 Å². The van der Waals surface area contributed by atoms with Crippen molar-refractivity contribution in [2.24, 2.45) is 0 Å². The monoisotopic (exact) mass is 418 g/mol. The number of benzene rings is 3. The first-order valence-corrected chi connectivity index (χ1v) is 12.2. The minimum Gasteiger partial charge on any atom is -0.152 e. The van der Waals surface area contributed by atoms with Gasteiger partial charge in [-0.05, 0) is 125 Å². The Morgan fingerprint density at radius 3 is 1.33 bits per heavy atom. The van der Waals surface area contributed by atoms with E-state index in [1.807, 2.05) is 0 Å². The Bertz CT molecular complexity index is 1310. The predicted octanol–water partition coefficient (Wildman–Crippen LogP) is 8.29. The van der Waals surface area contributed by atoms with E-state index < -0.39 is 0 Å². The van der Waals surface area contributed by atoms with E-state index in [0.29, 0.717) is 0 Å². The van der Waals surface area contributed by atoms with E-state index >= 15 is 0 Å². The molecule has 0 bridgehead atoms. The van der Waals surface area contributed by atoms with Crippen LogP contribution >= 0.6 is 22.7 Å². The Balaban J connectivity index is 1.29. The normalized spacial score (nSPS) is 13.1. The average Bonchev–Trinajstić information content (AvgIpc) is 3.57. The summed E-state index contributed by atoms with van der Waals surface area (Å²) in [5.41, 5.74) is 16.9. The van der Waals surface area contributed by atoms with Gasteiger partial charge in [-0.25, -0.2) is 0 Å². The summed E-state index contributed by atoms with van der Waals surface area (Å²) in [5.74, 6) is 0. The van der Waals surface area contributed by atoms with Crippen molar-refractivity contribution in [3.8, 4) is 44.5 Å². The van der Waals surface area contributed by atoms with Crippen molar-refractivity contribution in [2.45, 2.75) is 12.8 Å². The molecule has 30 heavy (non-hydrogen) atoms. The molecule has 0 amide bonds. The Hall–Kier alpha value is -2.94. The molecule has 142 valence electrons. The molecular formula is C28H18S2. The van der Waals surface area contributed by atoms with E-state index in [9.17, 15) is 0 Å². The molecule has 0 spiro atoms. The fraction of sp³-hybridized carbons (Fsp3) is 0.0714. The van der Waals surface area contributed by atoms with Gasteiger partial charge in [-0.15, -0.1) is 0 Å². The molecule has 0 unspecified atom stereocenters. The fourth-order valence-corrected chi connectivity index (χ4v) is 6.45. The molecule has 0 radical (unpaired) electrons. The third-order valence-corrected chi connectivity index (χ3v) is 7.96. The van der Waals surface area contributed by atoms with Crippen LogP contribution in [0.15, 0.2) is 82.2 Å². The quantitative estimate of drug-likeness (QED) is 0.265. The Morgan fingerprint density at radius 2 is 0.900 bits per heavy atom. The maximum atomic E-state index is 2.46. The second-order valence-electron chi connectivity index (χ2n) is 8.29. The summed E-state index contributed by atoms with van der Waals surface area (Å²) in [4.78, 5) is 0. The lowest BCUT2D eigenvalue weighted by Crippen LogP contribution is -1.85. The van der Waals surface area contributed by atoms with Gasteiger partial charge in [0.1, 0.15) is 0 Å². The van der Waals surface area contributed by atoms with Crippen molar-refractivity contribution in [1.29, 1.82) is 0 Å². The van der Waals surface area contributed by atoms with Gasteiger partial charge < -0.3 is 0 Å². The number of thiophene rings is 2. The Kier molecular flexibility index (Phi) is 3.52. The van der Waals surface area contributed by atoms with Gasteiger partial charge in [-0.1, -0.05) is 36.4 Å². The standard InChI is InChI=1S/C28H18S2/c1-3-25-21(9-17(1)19-5-7-29-15-19)11-23-14-28-24(13-27(23)25)12-22-10-18(2-4-26(22)28)20-6-8-30-16-20/h1-10,13-16H,11-12H2. The largest absolute Gasteiger partial charge is 0.152 e. The minimum absolute atomic E-state index is 1.04. The van der Waals surface area contributed by atoms with Crippen molar-refractivity contribution >= 4 is 22.7 Å². The van der Waals surface area contributed by atoms with Crippen LogP contribution in [0.1, 0.15) is 22.3 Å². The highest BCUT2D eigenvalue weighted by Gasteiger charge is 2.25. The van der Waals surface area contributed by atoms with Gasteiger partial charge in [0.25, 0.3) is 0 Å². The molecule has 2 heterocycles. The summed E-state index contributed by atoms with van der Waals surface area (Å²) >= 11 is 3.53. The number of rotatable bonds is 2. The van der Waals surface area contributed by atoms with E-state index in [-0.39, 0.29) is 0 Å². The molecule has 2 aliphatic rings. The van der Waals surface area contributed by atoms with Gasteiger partial charge in [0.05, 0.1) is 0 Å². The number of fused-ring (bicyclic) bond motifs is 6. The molecule has 0 saturated heterocycles. The highest BCUT2D eigenvalue weighted by molar-refractivity contribution is 7.08. The zero-order chi connectivity index (χ0) is 19.7. The molecule has 3 aromatic carbocycles. The zero-order valence-corrected chi connectivity index (χ0v) is 17.9. The molecule has 2 aromatic heterocycles. The van der Waals surface area contributed by atoms with Crippen molar-refractivity contribution < 1.29 is 0 Å². The van der Waals surface area contributed by atoms with E-state index in [1.54, 1.807) is 22.7 Å². The van der Waals surface area contributed by atoms with Crippen LogP contribution in [0.5, 0.6) is 0 Å². The molecule has 2 aliphatic carbocycles. The second-order valence-corrected chi connectivity index (χ2v) is 9.85. The van der Waals surface area contributed by atoms with Gasteiger partial charge in [-0.3, -0.25) is 0 Å². The fourth-order valence-electron chi connectivity index (χ4n) is 5.12. The van der Waals surface area contributed by atoms with Crippen molar-refractivity contribution in [3.63, 3.8) is 0 Å². The summed E-state index contributed by atoms with van der Waals surface area (Å²) in [7, 11) is 0. The lowest BCUT2D eigenvalue weighted by Gasteiger charge is -2.07. The van der Waals surface area contributed by atoms with Gasteiger partial charge in [0.15, 0.2) is 0 Å². The maximum absolute atomic E-state index is 2.46. The van der Waals surface area contributed by atoms with Crippen LogP contribution in [0.4, 0.5) is 0 Å². The van der Waals surface area contributed by atoms with Crippen LogP contribution in [0, 0.1) is 0 Å². The lowest BCUT2D eigenvalue weighted by atomic mass is 9.97. The third-order valence-electron chi connectivity index (χ3n) is 6.59. The highest BCUT2D eigenvalue weighted by atomic mass is 32.1. The topological polar surface area (TPSA) is 0 Å².